The van der Waals surface area contributed by atoms with Crippen LogP contribution in [-0.4, -0.2) is 0 Å². The Morgan fingerprint density at radius 1 is 0.800 bits per heavy atom. The monoisotopic (exact) mass is 210 g/mol. The fraction of sp³-hybridized carbons (Fsp3) is 0. The third kappa shape index (κ3) is 1.17. The SMILES string of the molecule is C=C1c2ccccc2-c2ccc(S)cc21. The van der Waals surface area contributed by atoms with Crippen LogP contribution in [0.15, 0.2) is 53.9 Å². The summed E-state index contributed by atoms with van der Waals surface area (Å²) in [5.41, 5.74) is 6.12. The van der Waals surface area contributed by atoms with E-state index in [0.717, 1.165) is 10.5 Å². The first-order chi connectivity index (χ1) is 7.27. The molecule has 0 nitrogen and oxygen atoms in total. The van der Waals surface area contributed by atoms with Gasteiger partial charge >= 0.3 is 0 Å². The molecule has 0 aromatic heterocycles. The lowest BCUT2D eigenvalue weighted by Crippen LogP contribution is -1.77. The number of hydrogen-bond acceptors (Lipinski definition) is 1. The zero-order valence-corrected chi connectivity index (χ0v) is 9.09. The van der Waals surface area contributed by atoms with E-state index in [1.807, 2.05) is 6.07 Å². The van der Waals surface area contributed by atoms with E-state index < -0.39 is 0 Å². The Morgan fingerprint density at radius 2 is 1.47 bits per heavy atom. The van der Waals surface area contributed by atoms with Crippen LogP contribution in [0, 0.1) is 0 Å². The van der Waals surface area contributed by atoms with Crippen molar-refractivity contribution in [2.24, 2.45) is 0 Å². The molecule has 3 rings (SSSR count). The fourth-order valence-corrected chi connectivity index (χ4v) is 2.35. The van der Waals surface area contributed by atoms with Gasteiger partial charge in [0.25, 0.3) is 0 Å². The first kappa shape index (κ1) is 8.81. The highest BCUT2D eigenvalue weighted by molar-refractivity contribution is 7.80. The first-order valence-electron chi connectivity index (χ1n) is 4.89. The van der Waals surface area contributed by atoms with Gasteiger partial charge in [0.2, 0.25) is 0 Å². The summed E-state index contributed by atoms with van der Waals surface area (Å²) in [4.78, 5) is 0.989. The molecule has 0 amide bonds. The Kier molecular flexibility index (Phi) is 1.77. The van der Waals surface area contributed by atoms with E-state index in [9.17, 15) is 0 Å². The van der Waals surface area contributed by atoms with E-state index in [1.54, 1.807) is 0 Å². The van der Waals surface area contributed by atoms with Gasteiger partial charge in [-0.25, -0.2) is 0 Å². The zero-order valence-electron chi connectivity index (χ0n) is 8.20. The molecular formula is C14H10S. The Morgan fingerprint density at radius 3 is 2.27 bits per heavy atom. The van der Waals surface area contributed by atoms with Crippen molar-refractivity contribution >= 4 is 18.2 Å². The van der Waals surface area contributed by atoms with Gasteiger partial charge in [0.05, 0.1) is 0 Å². The molecule has 2 aromatic carbocycles. The van der Waals surface area contributed by atoms with Crippen molar-refractivity contribution < 1.29 is 0 Å². The molecule has 0 bridgehead atoms. The van der Waals surface area contributed by atoms with Crippen molar-refractivity contribution in [3.63, 3.8) is 0 Å². The number of rotatable bonds is 0. The predicted octanol–water partition coefficient (Wildman–Crippen LogP) is 4.02. The largest absolute Gasteiger partial charge is 0.143 e. The standard InChI is InChI=1S/C14H10S/c1-9-11-4-2-3-5-12(11)13-7-6-10(15)8-14(9)13/h2-8,15H,1H2. The van der Waals surface area contributed by atoms with Gasteiger partial charge < -0.3 is 0 Å². The van der Waals surface area contributed by atoms with Crippen LogP contribution >= 0.6 is 12.6 Å². The topological polar surface area (TPSA) is 0 Å². The minimum Gasteiger partial charge on any atom is -0.143 e. The fourth-order valence-electron chi connectivity index (χ4n) is 2.14. The summed E-state index contributed by atoms with van der Waals surface area (Å²) in [6.45, 7) is 4.14. The van der Waals surface area contributed by atoms with Gasteiger partial charge in [-0.3, -0.25) is 0 Å². The number of thiol groups is 1. The second-order valence-electron chi connectivity index (χ2n) is 3.75. The van der Waals surface area contributed by atoms with Gasteiger partial charge in [0.1, 0.15) is 0 Å². The normalized spacial score (nSPS) is 12.5. The van der Waals surface area contributed by atoms with Gasteiger partial charge in [-0.1, -0.05) is 36.9 Å². The van der Waals surface area contributed by atoms with Crippen molar-refractivity contribution in [3.8, 4) is 11.1 Å². The second-order valence-corrected chi connectivity index (χ2v) is 4.27. The van der Waals surface area contributed by atoms with Crippen LogP contribution in [0.3, 0.4) is 0 Å². The van der Waals surface area contributed by atoms with Crippen molar-refractivity contribution in [2.75, 3.05) is 0 Å². The Balaban J connectivity index is 2.38. The minimum atomic E-state index is 0.989. The highest BCUT2D eigenvalue weighted by atomic mass is 32.1. The lowest BCUT2D eigenvalue weighted by atomic mass is 10.1. The van der Waals surface area contributed by atoms with Crippen LogP contribution in [0.1, 0.15) is 11.1 Å². The maximum absolute atomic E-state index is 4.36. The summed E-state index contributed by atoms with van der Waals surface area (Å²) in [5.74, 6) is 0. The molecule has 0 aliphatic heterocycles. The number of hydrogen-bond donors (Lipinski definition) is 1. The summed E-state index contributed by atoms with van der Waals surface area (Å²) in [6.07, 6.45) is 0. The van der Waals surface area contributed by atoms with Crippen molar-refractivity contribution in [1.82, 2.24) is 0 Å². The minimum absolute atomic E-state index is 0.989. The molecule has 1 aliphatic carbocycles. The Labute approximate surface area is 94.7 Å². The van der Waals surface area contributed by atoms with Gasteiger partial charge in [0.15, 0.2) is 0 Å². The third-order valence-corrected chi connectivity index (χ3v) is 3.15. The van der Waals surface area contributed by atoms with Gasteiger partial charge in [-0.15, -0.1) is 12.6 Å². The van der Waals surface area contributed by atoms with Crippen LogP contribution in [0.4, 0.5) is 0 Å². The molecule has 0 unspecified atom stereocenters. The van der Waals surface area contributed by atoms with E-state index in [0.29, 0.717) is 0 Å². The second kappa shape index (κ2) is 3.01. The van der Waals surface area contributed by atoms with Crippen molar-refractivity contribution in [1.29, 1.82) is 0 Å². The number of fused-ring (bicyclic) bond motifs is 3. The summed E-state index contributed by atoms with van der Waals surface area (Å²) in [7, 11) is 0. The molecule has 15 heavy (non-hydrogen) atoms. The third-order valence-electron chi connectivity index (χ3n) is 2.87. The molecule has 72 valence electrons. The summed E-state index contributed by atoms with van der Waals surface area (Å²) < 4.78 is 0. The van der Waals surface area contributed by atoms with Gasteiger partial charge in [-0.2, -0.15) is 0 Å². The molecule has 1 heteroatoms. The average molecular weight is 210 g/mol. The smallest absolute Gasteiger partial charge is 0.00465 e. The summed E-state index contributed by atoms with van der Waals surface area (Å²) >= 11 is 4.36. The summed E-state index contributed by atoms with van der Waals surface area (Å²) in [5, 5.41) is 0. The van der Waals surface area contributed by atoms with Crippen LogP contribution in [-0.2, 0) is 0 Å². The van der Waals surface area contributed by atoms with Gasteiger partial charge in [-0.05, 0) is 40.0 Å². The quantitative estimate of drug-likeness (QED) is 0.532. The van der Waals surface area contributed by atoms with E-state index in [-0.39, 0.29) is 0 Å². The van der Waals surface area contributed by atoms with Crippen molar-refractivity contribution in [2.45, 2.75) is 4.90 Å². The molecule has 1 aliphatic rings. The first-order valence-corrected chi connectivity index (χ1v) is 5.34. The molecular weight excluding hydrogens is 200 g/mol. The molecule has 0 heterocycles. The summed E-state index contributed by atoms with van der Waals surface area (Å²) in [6, 6.07) is 14.6. The predicted molar refractivity (Wildman–Crippen MR) is 67.3 cm³/mol. The van der Waals surface area contributed by atoms with Crippen LogP contribution in [0.5, 0.6) is 0 Å². The van der Waals surface area contributed by atoms with Crippen LogP contribution in [0.25, 0.3) is 16.7 Å². The zero-order chi connectivity index (χ0) is 10.4. The van der Waals surface area contributed by atoms with Crippen LogP contribution < -0.4 is 0 Å². The van der Waals surface area contributed by atoms with E-state index >= 15 is 0 Å². The maximum Gasteiger partial charge on any atom is 0.00465 e. The molecule has 0 saturated heterocycles. The number of benzene rings is 2. The van der Waals surface area contributed by atoms with E-state index in [4.69, 9.17) is 0 Å². The lowest BCUT2D eigenvalue weighted by molar-refractivity contribution is 1.46. The van der Waals surface area contributed by atoms with E-state index in [1.165, 1.54) is 22.3 Å². The molecule has 0 N–H and O–H groups in total. The molecule has 0 atom stereocenters. The Hall–Kier alpha value is -1.47. The average Bonchev–Trinajstić information content (AvgIpc) is 2.54. The molecule has 0 fully saturated rings. The molecule has 0 radical (unpaired) electrons. The van der Waals surface area contributed by atoms with Crippen molar-refractivity contribution in [3.05, 3.63) is 60.2 Å². The maximum atomic E-state index is 4.36. The van der Waals surface area contributed by atoms with Gasteiger partial charge in [0, 0.05) is 4.90 Å². The van der Waals surface area contributed by atoms with Crippen LogP contribution in [0.2, 0.25) is 0 Å². The Bertz CT molecular complexity index is 567. The van der Waals surface area contributed by atoms with E-state index in [2.05, 4.69) is 55.6 Å². The lowest BCUT2D eigenvalue weighted by Gasteiger charge is -2.00. The highest BCUT2D eigenvalue weighted by Crippen LogP contribution is 2.43. The molecule has 0 spiro atoms. The molecule has 2 aromatic rings. The molecule has 0 saturated carbocycles. The highest BCUT2D eigenvalue weighted by Gasteiger charge is 2.20.